The van der Waals surface area contributed by atoms with E-state index in [0.29, 0.717) is 51.0 Å². The van der Waals surface area contributed by atoms with E-state index in [9.17, 15) is 14.9 Å². The SMILES string of the molecule is CCOc1cc(/C=C(\C#N)C(=O)Nc2ccc(C(=O)OC)cc2)c(Br)cc1OCc1ccc(Cl)cc1. The second-order valence-corrected chi connectivity index (χ2v) is 8.65. The van der Waals surface area contributed by atoms with Crippen LogP contribution in [0.25, 0.3) is 6.08 Å². The van der Waals surface area contributed by atoms with Gasteiger partial charge in [-0.3, -0.25) is 4.79 Å². The monoisotopic (exact) mass is 568 g/mol. The van der Waals surface area contributed by atoms with Crippen LogP contribution in [-0.4, -0.2) is 25.6 Å². The molecule has 7 nitrogen and oxygen atoms in total. The molecule has 0 heterocycles. The lowest BCUT2D eigenvalue weighted by molar-refractivity contribution is -0.112. The summed E-state index contributed by atoms with van der Waals surface area (Å²) in [6.45, 7) is 2.55. The zero-order valence-electron chi connectivity index (χ0n) is 19.5. The summed E-state index contributed by atoms with van der Waals surface area (Å²) in [5, 5.41) is 12.9. The van der Waals surface area contributed by atoms with Crippen LogP contribution < -0.4 is 14.8 Å². The molecule has 3 rings (SSSR count). The van der Waals surface area contributed by atoms with Crippen molar-refractivity contribution in [3.63, 3.8) is 0 Å². The number of carbonyl (C=O) groups excluding carboxylic acids is 2. The first-order valence-electron chi connectivity index (χ1n) is 10.8. The second-order valence-electron chi connectivity index (χ2n) is 7.36. The van der Waals surface area contributed by atoms with Crippen molar-refractivity contribution in [3.05, 3.63) is 92.4 Å². The molecule has 0 atom stereocenters. The Bertz CT molecular complexity index is 1320. The minimum Gasteiger partial charge on any atom is -0.490 e. The van der Waals surface area contributed by atoms with E-state index in [4.69, 9.17) is 21.1 Å². The number of hydrogen-bond donors (Lipinski definition) is 1. The highest BCUT2D eigenvalue weighted by Crippen LogP contribution is 2.35. The van der Waals surface area contributed by atoms with Gasteiger partial charge in [0.15, 0.2) is 11.5 Å². The van der Waals surface area contributed by atoms with Gasteiger partial charge < -0.3 is 19.5 Å². The summed E-state index contributed by atoms with van der Waals surface area (Å²) in [6.07, 6.45) is 1.45. The number of amides is 1. The van der Waals surface area contributed by atoms with Gasteiger partial charge in [-0.15, -0.1) is 0 Å². The van der Waals surface area contributed by atoms with E-state index in [1.54, 1.807) is 36.4 Å². The number of methoxy groups -OCH3 is 1. The lowest BCUT2D eigenvalue weighted by atomic mass is 10.1. The number of nitrogens with zero attached hydrogens (tertiary/aromatic N) is 1. The van der Waals surface area contributed by atoms with E-state index in [1.165, 1.54) is 25.3 Å². The Morgan fingerprint density at radius 2 is 1.72 bits per heavy atom. The maximum absolute atomic E-state index is 12.7. The van der Waals surface area contributed by atoms with E-state index in [1.807, 2.05) is 25.1 Å². The molecule has 0 saturated heterocycles. The molecular weight excluding hydrogens is 548 g/mol. The number of anilines is 1. The number of carbonyl (C=O) groups is 2. The van der Waals surface area contributed by atoms with Crippen molar-refractivity contribution in [1.82, 2.24) is 0 Å². The Kier molecular flexibility index (Phi) is 9.51. The molecule has 0 unspecified atom stereocenters. The number of nitrogens with one attached hydrogen (secondary N) is 1. The lowest BCUT2D eigenvalue weighted by Crippen LogP contribution is -2.13. The van der Waals surface area contributed by atoms with Crippen LogP contribution in [0.4, 0.5) is 5.69 Å². The molecule has 3 aromatic carbocycles. The van der Waals surface area contributed by atoms with Crippen molar-refractivity contribution in [2.75, 3.05) is 19.0 Å². The van der Waals surface area contributed by atoms with Crippen LogP contribution >= 0.6 is 27.5 Å². The first kappa shape index (κ1) is 26.8. The molecule has 1 N–H and O–H groups in total. The fraction of sp³-hybridized carbons (Fsp3) is 0.148. The van der Waals surface area contributed by atoms with Crippen molar-refractivity contribution < 1.29 is 23.8 Å². The fourth-order valence-corrected chi connectivity index (χ4v) is 3.66. The van der Waals surface area contributed by atoms with Crippen LogP contribution in [0.2, 0.25) is 5.02 Å². The molecule has 1 amide bonds. The summed E-state index contributed by atoms with van der Waals surface area (Å²) in [5.74, 6) is -0.112. The Hall–Kier alpha value is -3.80. The number of rotatable bonds is 9. The third-order valence-corrected chi connectivity index (χ3v) is 5.84. The Balaban J connectivity index is 1.80. The highest BCUT2D eigenvalue weighted by atomic mass is 79.9. The van der Waals surface area contributed by atoms with Gasteiger partial charge in [-0.25, -0.2) is 4.79 Å². The molecule has 0 radical (unpaired) electrons. The van der Waals surface area contributed by atoms with Crippen molar-refractivity contribution in [2.45, 2.75) is 13.5 Å². The maximum Gasteiger partial charge on any atom is 0.337 e. The molecule has 184 valence electrons. The standard InChI is InChI=1S/C27H22BrClN2O5/c1-3-35-24-13-19(23(28)14-25(24)36-16-17-4-8-21(29)9-5-17)12-20(15-30)26(32)31-22-10-6-18(7-11-22)27(33)34-2/h4-14H,3,16H2,1-2H3,(H,31,32)/b20-12+. The van der Waals surface area contributed by atoms with Crippen LogP contribution in [0.15, 0.2) is 70.7 Å². The van der Waals surface area contributed by atoms with Gasteiger partial charge in [0, 0.05) is 15.2 Å². The van der Waals surface area contributed by atoms with Crippen LogP contribution in [0, 0.1) is 11.3 Å². The van der Waals surface area contributed by atoms with E-state index < -0.39 is 11.9 Å². The Labute approximate surface area is 222 Å². The first-order chi connectivity index (χ1) is 17.3. The Morgan fingerprint density at radius 3 is 2.33 bits per heavy atom. The van der Waals surface area contributed by atoms with Crippen molar-refractivity contribution in [3.8, 4) is 17.6 Å². The molecule has 0 aliphatic rings. The van der Waals surface area contributed by atoms with Gasteiger partial charge in [0.2, 0.25) is 0 Å². The molecule has 3 aromatic rings. The first-order valence-corrected chi connectivity index (χ1v) is 12.0. The number of halogens is 2. The summed E-state index contributed by atoms with van der Waals surface area (Å²) in [4.78, 5) is 24.3. The van der Waals surface area contributed by atoms with E-state index in [-0.39, 0.29) is 5.57 Å². The van der Waals surface area contributed by atoms with E-state index in [2.05, 4.69) is 26.0 Å². The third kappa shape index (κ3) is 7.11. The van der Waals surface area contributed by atoms with Gasteiger partial charge in [-0.2, -0.15) is 5.26 Å². The zero-order valence-corrected chi connectivity index (χ0v) is 21.9. The topological polar surface area (TPSA) is 97.7 Å². The second kappa shape index (κ2) is 12.8. The molecule has 0 bridgehead atoms. The summed E-state index contributed by atoms with van der Waals surface area (Å²) in [7, 11) is 1.29. The number of esters is 1. The van der Waals surface area contributed by atoms with E-state index in [0.717, 1.165) is 5.56 Å². The number of nitriles is 1. The fourth-order valence-electron chi connectivity index (χ4n) is 3.09. The normalized spacial score (nSPS) is 10.8. The van der Waals surface area contributed by atoms with Gasteiger partial charge in [0.1, 0.15) is 18.2 Å². The molecule has 0 aliphatic heterocycles. The molecule has 9 heteroatoms. The number of ether oxygens (including phenoxy) is 3. The van der Waals surface area contributed by atoms with Crippen molar-refractivity contribution >= 4 is 51.2 Å². The quantitative estimate of drug-likeness (QED) is 0.182. The summed E-state index contributed by atoms with van der Waals surface area (Å²) in [5.41, 5.74) is 2.14. The average molecular weight is 570 g/mol. The highest BCUT2D eigenvalue weighted by molar-refractivity contribution is 9.10. The molecular formula is C27H22BrClN2O5. The van der Waals surface area contributed by atoms with Crippen molar-refractivity contribution in [2.24, 2.45) is 0 Å². The highest BCUT2D eigenvalue weighted by Gasteiger charge is 2.15. The number of hydrogen-bond acceptors (Lipinski definition) is 6. The van der Waals surface area contributed by atoms with Crippen LogP contribution in [0.3, 0.4) is 0 Å². The van der Waals surface area contributed by atoms with Gasteiger partial charge in [-0.1, -0.05) is 39.7 Å². The van der Waals surface area contributed by atoms with Crippen LogP contribution in [0.1, 0.15) is 28.4 Å². The lowest BCUT2D eigenvalue weighted by Gasteiger charge is -2.14. The van der Waals surface area contributed by atoms with Crippen LogP contribution in [-0.2, 0) is 16.1 Å². The predicted molar refractivity (Wildman–Crippen MR) is 141 cm³/mol. The summed E-state index contributed by atoms with van der Waals surface area (Å²) < 4.78 is 17.0. The van der Waals surface area contributed by atoms with E-state index >= 15 is 0 Å². The molecule has 0 aromatic heterocycles. The molecule has 0 saturated carbocycles. The smallest absolute Gasteiger partial charge is 0.337 e. The van der Waals surface area contributed by atoms with Crippen LogP contribution in [0.5, 0.6) is 11.5 Å². The zero-order chi connectivity index (χ0) is 26.1. The minimum atomic E-state index is -0.601. The molecule has 0 spiro atoms. The predicted octanol–water partition coefficient (Wildman–Crippen LogP) is 6.41. The molecule has 0 aliphatic carbocycles. The number of benzene rings is 3. The average Bonchev–Trinajstić information content (AvgIpc) is 2.88. The molecule has 36 heavy (non-hydrogen) atoms. The third-order valence-electron chi connectivity index (χ3n) is 4.90. The van der Waals surface area contributed by atoms with Gasteiger partial charge in [0.25, 0.3) is 5.91 Å². The molecule has 0 fully saturated rings. The minimum absolute atomic E-state index is 0.120. The largest absolute Gasteiger partial charge is 0.490 e. The Morgan fingerprint density at radius 1 is 1.06 bits per heavy atom. The summed E-state index contributed by atoms with van der Waals surface area (Å²) >= 11 is 9.42. The van der Waals surface area contributed by atoms with Gasteiger partial charge in [0.05, 0.1) is 19.3 Å². The van der Waals surface area contributed by atoms with Gasteiger partial charge >= 0.3 is 5.97 Å². The summed E-state index contributed by atoms with van der Waals surface area (Å²) in [6, 6.07) is 18.8. The maximum atomic E-state index is 12.7. The van der Waals surface area contributed by atoms with Gasteiger partial charge in [-0.05, 0) is 72.7 Å². The van der Waals surface area contributed by atoms with Crippen molar-refractivity contribution in [1.29, 1.82) is 5.26 Å².